The van der Waals surface area contributed by atoms with E-state index in [0.29, 0.717) is 5.56 Å². The average molecular weight is 261 g/mol. The minimum absolute atomic E-state index is 0.592. The highest BCUT2D eigenvalue weighted by Crippen LogP contribution is 2.30. The van der Waals surface area contributed by atoms with Crippen LogP contribution in [0, 0.1) is 11.3 Å². The van der Waals surface area contributed by atoms with Crippen molar-refractivity contribution in [1.29, 1.82) is 5.26 Å². The van der Waals surface area contributed by atoms with E-state index in [-0.39, 0.29) is 0 Å². The molecule has 96 valence electrons. The summed E-state index contributed by atoms with van der Waals surface area (Å²) >= 11 is 0. The molecule has 0 aliphatic carbocycles. The van der Waals surface area contributed by atoms with Crippen LogP contribution < -0.4 is 4.74 Å². The summed E-state index contributed by atoms with van der Waals surface area (Å²) < 4.78 is 5.51. The number of hydrogen-bond acceptors (Lipinski definition) is 3. The van der Waals surface area contributed by atoms with Crippen molar-refractivity contribution in [2.24, 2.45) is 0 Å². The molecule has 2 heterocycles. The van der Waals surface area contributed by atoms with Gasteiger partial charge in [0.2, 0.25) is 0 Å². The lowest BCUT2D eigenvalue weighted by molar-refractivity contribution is 0.357. The topological polar surface area (TPSA) is 61.7 Å². The van der Waals surface area contributed by atoms with E-state index < -0.39 is 0 Å². The predicted molar refractivity (Wildman–Crippen MR) is 75.4 cm³/mol. The van der Waals surface area contributed by atoms with Crippen LogP contribution in [-0.2, 0) is 6.42 Å². The zero-order valence-electron chi connectivity index (χ0n) is 10.7. The number of fused-ring (bicyclic) bond motifs is 2. The summed E-state index contributed by atoms with van der Waals surface area (Å²) in [5.41, 5.74) is 4.44. The Hall–Kier alpha value is -2.80. The Labute approximate surface area is 115 Å². The molecule has 0 saturated heterocycles. The molecule has 4 rings (SSSR count). The molecule has 4 nitrogen and oxygen atoms in total. The Morgan fingerprint density at radius 1 is 1.25 bits per heavy atom. The number of ether oxygens (including phenoxy) is 1. The minimum atomic E-state index is 0.592. The Balaban J connectivity index is 1.89. The molecular weight excluding hydrogens is 250 g/mol. The fourth-order valence-electron chi connectivity index (χ4n) is 2.59. The van der Waals surface area contributed by atoms with E-state index in [2.05, 4.69) is 22.1 Å². The summed E-state index contributed by atoms with van der Waals surface area (Å²) in [6, 6.07) is 13.8. The maximum atomic E-state index is 9.12. The van der Waals surface area contributed by atoms with Crippen LogP contribution in [0.15, 0.2) is 36.4 Å². The van der Waals surface area contributed by atoms with Crippen molar-refractivity contribution in [2.45, 2.75) is 6.42 Å². The first kappa shape index (κ1) is 11.1. The zero-order valence-corrected chi connectivity index (χ0v) is 10.7. The van der Waals surface area contributed by atoms with Gasteiger partial charge in [0.1, 0.15) is 23.2 Å². The second-order valence-electron chi connectivity index (χ2n) is 4.82. The van der Waals surface area contributed by atoms with Gasteiger partial charge < -0.3 is 9.72 Å². The summed E-state index contributed by atoms with van der Waals surface area (Å²) in [6.07, 6.45) is 0.937. The van der Waals surface area contributed by atoms with Gasteiger partial charge in [-0.15, -0.1) is 0 Å². The zero-order chi connectivity index (χ0) is 13.5. The third kappa shape index (κ3) is 1.57. The first-order chi connectivity index (χ1) is 9.85. The Kier molecular flexibility index (Phi) is 2.27. The molecule has 3 aromatic rings. The van der Waals surface area contributed by atoms with E-state index in [0.717, 1.165) is 41.2 Å². The van der Waals surface area contributed by atoms with Crippen molar-refractivity contribution in [3.63, 3.8) is 0 Å². The summed E-state index contributed by atoms with van der Waals surface area (Å²) in [7, 11) is 0. The highest BCUT2D eigenvalue weighted by Gasteiger charge is 2.14. The average Bonchev–Trinajstić information content (AvgIpc) is 3.11. The SMILES string of the molecule is N#Cc1cccc2[nH]c(-c3ccc4c(c3)CCO4)nc12. The minimum Gasteiger partial charge on any atom is -0.493 e. The monoisotopic (exact) mass is 261 g/mol. The number of nitrogens with zero attached hydrogens (tertiary/aromatic N) is 2. The maximum Gasteiger partial charge on any atom is 0.138 e. The summed E-state index contributed by atoms with van der Waals surface area (Å²) in [6.45, 7) is 0.748. The second kappa shape index (κ2) is 4.10. The number of H-pyrrole nitrogens is 1. The van der Waals surface area contributed by atoms with Crippen molar-refractivity contribution >= 4 is 11.0 Å². The number of rotatable bonds is 1. The van der Waals surface area contributed by atoms with E-state index in [4.69, 9.17) is 10.00 Å². The van der Waals surface area contributed by atoms with Gasteiger partial charge in [0.05, 0.1) is 17.7 Å². The number of nitrogens with one attached hydrogen (secondary N) is 1. The van der Waals surface area contributed by atoms with Gasteiger partial charge in [-0.2, -0.15) is 5.26 Å². The van der Waals surface area contributed by atoms with Gasteiger partial charge in [-0.3, -0.25) is 0 Å². The van der Waals surface area contributed by atoms with Gasteiger partial charge in [-0.25, -0.2) is 4.98 Å². The fourth-order valence-corrected chi connectivity index (χ4v) is 2.59. The van der Waals surface area contributed by atoms with E-state index in [1.807, 2.05) is 24.3 Å². The largest absolute Gasteiger partial charge is 0.493 e. The molecule has 0 radical (unpaired) electrons. The first-order valence-corrected chi connectivity index (χ1v) is 6.50. The molecule has 1 aromatic heterocycles. The number of para-hydroxylation sites is 1. The quantitative estimate of drug-likeness (QED) is 0.732. The molecule has 0 atom stereocenters. The third-order valence-electron chi connectivity index (χ3n) is 3.60. The molecule has 1 N–H and O–H groups in total. The molecule has 0 unspecified atom stereocenters. The molecule has 1 aliphatic heterocycles. The molecule has 4 heteroatoms. The Bertz CT molecular complexity index is 858. The van der Waals surface area contributed by atoms with Crippen LogP contribution in [0.3, 0.4) is 0 Å². The van der Waals surface area contributed by atoms with E-state index in [9.17, 15) is 0 Å². The smallest absolute Gasteiger partial charge is 0.138 e. The van der Waals surface area contributed by atoms with E-state index in [1.165, 1.54) is 5.56 Å². The number of aromatic nitrogens is 2. The number of benzene rings is 2. The molecule has 20 heavy (non-hydrogen) atoms. The Morgan fingerprint density at radius 3 is 3.10 bits per heavy atom. The highest BCUT2D eigenvalue weighted by atomic mass is 16.5. The third-order valence-corrected chi connectivity index (χ3v) is 3.60. The van der Waals surface area contributed by atoms with E-state index in [1.54, 1.807) is 6.07 Å². The van der Waals surface area contributed by atoms with Crippen LogP contribution in [0.5, 0.6) is 5.75 Å². The van der Waals surface area contributed by atoms with Crippen LogP contribution in [0.25, 0.3) is 22.4 Å². The summed E-state index contributed by atoms with van der Waals surface area (Å²) in [4.78, 5) is 7.84. The molecule has 0 amide bonds. The van der Waals surface area contributed by atoms with Crippen molar-refractivity contribution in [3.05, 3.63) is 47.5 Å². The molecule has 0 fully saturated rings. The van der Waals surface area contributed by atoms with Gasteiger partial charge >= 0.3 is 0 Å². The number of aromatic amines is 1. The summed E-state index contributed by atoms with van der Waals surface area (Å²) in [5.74, 6) is 1.75. The first-order valence-electron chi connectivity index (χ1n) is 6.50. The van der Waals surface area contributed by atoms with Gasteiger partial charge in [-0.05, 0) is 35.9 Å². The molecule has 0 spiro atoms. The predicted octanol–water partition coefficient (Wildman–Crippen LogP) is 3.04. The van der Waals surface area contributed by atoms with Gasteiger partial charge in [0, 0.05) is 12.0 Å². The lowest BCUT2D eigenvalue weighted by Gasteiger charge is -2.01. The van der Waals surface area contributed by atoms with Gasteiger partial charge in [0.15, 0.2) is 0 Å². The lowest BCUT2D eigenvalue weighted by atomic mass is 10.1. The van der Waals surface area contributed by atoms with Crippen molar-refractivity contribution in [2.75, 3.05) is 6.61 Å². The van der Waals surface area contributed by atoms with Gasteiger partial charge in [0.25, 0.3) is 0 Å². The van der Waals surface area contributed by atoms with Crippen LogP contribution in [-0.4, -0.2) is 16.6 Å². The lowest BCUT2D eigenvalue weighted by Crippen LogP contribution is -1.85. The highest BCUT2D eigenvalue weighted by molar-refractivity contribution is 5.84. The number of hydrogen-bond donors (Lipinski definition) is 1. The van der Waals surface area contributed by atoms with Crippen LogP contribution in [0.4, 0.5) is 0 Å². The molecule has 2 aromatic carbocycles. The van der Waals surface area contributed by atoms with Crippen molar-refractivity contribution in [3.8, 4) is 23.2 Å². The van der Waals surface area contributed by atoms with Crippen molar-refractivity contribution in [1.82, 2.24) is 9.97 Å². The van der Waals surface area contributed by atoms with Gasteiger partial charge in [-0.1, -0.05) is 6.07 Å². The van der Waals surface area contributed by atoms with Crippen molar-refractivity contribution < 1.29 is 4.74 Å². The normalized spacial score (nSPS) is 12.9. The van der Waals surface area contributed by atoms with Crippen LogP contribution in [0.1, 0.15) is 11.1 Å². The molecule has 0 bridgehead atoms. The Morgan fingerprint density at radius 2 is 2.20 bits per heavy atom. The number of nitriles is 1. The molecule has 1 aliphatic rings. The van der Waals surface area contributed by atoms with Crippen LogP contribution in [0.2, 0.25) is 0 Å². The number of imidazole rings is 1. The van der Waals surface area contributed by atoms with Crippen LogP contribution >= 0.6 is 0 Å². The summed E-state index contributed by atoms with van der Waals surface area (Å²) in [5, 5.41) is 9.12. The molecular formula is C16H11N3O. The van der Waals surface area contributed by atoms with E-state index >= 15 is 0 Å². The maximum absolute atomic E-state index is 9.12. The fraction of sp³-hybridized carbons (Fsp3) is 0.125. The standard InChI is InChI=1S/C16H11N3O/c17-9-12-2-1-3-13-15(12)19-16(18-13)11-4-5-14-10(8-11)6-7-20-14/h1-5,8H,6-7H2,(H,18,19). The second-order valence-corrected chi connectivity index (χ2v) is 4.82. The molecule has 0 saturated carbocycles.